The topological polar surface area (TPSA) is 101 Å². The van der Waals surface area contributed by atoms with Crippen LogP contribution in [0.1, 0.15) is 13.8 Å². The van der Waals surface area contributed by atoms with E-state index in [0.29, 0.717) is 16.1 Å². The van der Waals surface area contributed by atoms with E-state index in [1.54, 1.807) is 42.1 Å². The summed E-state index contributed by atoms with van der Waals surface area (Å²) in [5, 5.41) is 11.5. The zero-order valence-corrected chi connectivity index (χ0v) is 21.0. The summed E-state index contributed by atoms with van der Waals surface area (Å²) in [7, 11) is -3.96. The largest absolute Gasteiger partial charge is 0.476 e. The molecule has 0 radical (unpaired) electrons. The molecule has 0 bridgehead atoms. The van der Waals surface area contributed by atoms with Gasteiger partial charge in [-0.3, -0.25) is 14.4 Å². The molecule has 1 amide bonds. The number of aromatic nitrogens is 2. The molecule has 2 aromatic carbocycles. The van der Waals surface area contributed by atoms with Crippen molar-refractivity contribution < 1.29 is 17.9 Å². The molecule has 2 heterocycles. The Kier molecular flexibility index (Phi) is 7.13. The minimum atomic E-state index is -3.96. The van der Waals surface area contributed by atoms with Crippen molar-refractivity contribution in [1.29, 1.82) is 0 Å². The molecule has 0 unspecified atom stereocenters. The van der Waals surface area contributed by atoms with Gasteiger partial charge >= 0.3 is 0 Å². The SMILES string of the molecule is CC(C)CSc1nnc(NC(=O)[C@@H]2CN(S(=O)(=O)c3ccccc3)c3cc(Cl)ccc3O2)s1. The lowest BCUT2D eigenvalue weighted by molar-refractivity contribution is -0.122. The molecule has 1 aromatic heterocycles. The lowest BCUT2D eigenvalue weighted by Crippen LogP contribution is -2.48. The van der Waals surface area contributed by atoms with E-state index < -0.39 is 22.0 Å². The summed E-state index contributed by atoms with van der Waals surface area (Å²) >= 11 is 8.95. The van der Waals surface area contributed by atoms with Crippen LogP contribution in [-0.4, -0.2) is 42.9 Å². The van der Waals surface area contributed by atoms with E-state index in [0.717, 1.165) is 14.4 Å². The zero-order valence-electron chi connectivity index (χ0n) is 17.8. The van der Waals surface area contributed by atoms with E-state index in [9.17, 15) is 13.2 Å². The fraction of sp³-hybridized carbons (Fsp3) is 0.286. The van der Waals surface area contributed by atoms with Crippen LogP contribution in [0.3, 0.4) is 0 Å². The molecule has 0 aliphatic carbocycles. The van der Waals surface area contributed by atoms with Crippen LogP contribution >= 0.6 is 34.7 Å². The maximum atomic E-state index is 13.4. The van der Waals surface area contributed by atoms with Crippen LogP contribution in [0.25, 0.3) is 0 Å². The first kappa shape index (κ1) is 23.8. The van der Waals surface area contributed by atoms with E-state index >= 15 is 0 Å². The van der Waals surface area contributed by atoms with Gasteiger partial charge in [-0.25, -0.2) is 8.42 Å². The molecule has 1 aliphatic heterocycles. The van der Waals surface area contributed by atoms with Crippen LogP contribution in [0.2, 0.25) is 5.02 Å². The third-order valence-corrected chi connectivity index (χ3v) is 9.02. The first-order chi connectivity index (χ1) is 15.7. The molecule has 0 saturated heterocycles. The molecule has 0 fully saturated rings. The highest BCUT2D eigenvalue weighted by Gasteiger charge is 2.38. The van der Waals surface area contributed by atoms with Gasteiger partial charge in [-0.1, -0.05) is 66.7 Å². The molecule has 0 saturated carbocycles. The van der Waals surface area contributed by atoms with Crippen molar-refractivity contribution >= 4 is 61.4 Å². The van der Waals surface area contributed by atoms with Crippen molar-refractivity contribution in [3.63, 3.8) is 0 Å². The normalized spacial score (nSPS) is 15.8. The summed E-state index contributed by atoms with van der Waals surface area (Å²) in [5.41, 5.74) is 0.277. The smallest absolute Gasteiger partial charge is 0.269 e. The van der Waals surface area contributed by atoms with Crippen LogP contribution in [0, 0.1) is 5.92 Å². The summed E-state index contributed by atoms with van der Waals surface area (Å²) < 4.78 is 34.5. The summed E-state index contributed by atoms with van der Waals surface area (Å²) in [6.45, 7) is 4.00. The Balaban J connectivity index is 1.58. The number of amides is 1. The summed E-state index contributed by atoms with van der Waals surface area (Å²) in [4.78, 5) is 13.1. The zero-order chi connectivity index (χ0) is 23.6. The monoisotopic (exact) mass is 524 g/mol. The molecular formula is C21H21ClN4O4S3. The third-order valence-electron chi connectivity index (χ3n) is 4.59. The van der Waals surface area contributed by atoms with E-state index in [4.69, 9.17) is 16.3 Å². The van der Waals surface area contributed by atoms with Crippen LogP contribution in [0.4, 0.5) is 10.8 Å². The Morgan fingerprint density at radius 1 is 1.27 bits per heavy atom. The Labute approximate surface area is 205 Å². The second-order valence-corrected chi connectivity index (χ2v) is 12.2. The Morgan fingerprint density at radius 2 is 2.03 bits per heavy atom. The van der Waals surface area contributed by atoms with Crippen LogP contribution in [0.5, 0.6) is 5.75 Å². The Morgan fingerprint density at radius 3 is 2.76 bits per heavy atom. The standard InChI is InChI=1S/C21H21ClN4O4S3/c1-13(2)12-31-21-25-24-20(32-21)23-19(27)18-11-26(16-10-14(22)8-9-17(16)30-18)33(28,29)15-6-4-3-5-7-15/h3-10,13,18H,11-12H2,1-2H3,(H,23,24,27)/t18-/m0/s1. The summed E-state index contributed by atoms with van der Waals surface area (Å²) in [6.07, 6.45) is -1.09. The third kappa shape index (κ3) is 5.43. The number of halogens is 1. The number of hydrogen-bond donors (Lipinski definition) is 1. The van der Waals surface area contributed by atoms with Crippen LogP contribution in [-0.2, 0) is 14.8 Å². The van der Waals surface area contributed by atoms with Gasteiger partial charge in [0.05, 0.1) is 17.1 Å². The molecular weight excluding hydrogens is 504 g/mol. The molecule has 8 nitrogen and oxygen atoms in total. The lowest BCUT2D eigenvalue weighted by atomic mass is 10.2. The number of nitrogens with zero attached hydrogens (tertiary/aromatic N) is 3. The van der Waals surface area contributed by atoms with E-state index in [-0.39, 0.29) is 22.9 Å². The van der Waals surface area contributed by atoms with Crippen molar-refractivity contribution in [2.45, 2.75) is 29.2 Å². The van der Waals surface area contributed by atoms with Crippen molar-refractivity contribution in [3.05, 3.63) is 53.6 Å². The predicted molar refractivity (Wildman–Crippen MR) is 131 cm³/mol. The molecule has 1 atom stereocenters. The number of sulfonamides is 1. The quantitative estimate of drug-likeness (QED) is 0.357. The second kappa shape index (κ2) is 9.88. The van der Waals surface area contributed by atoms with Crippen LogP contribution in [0.15, 0.2) is 57.8 Å². The van der Waals surface area contributed by atoms with Gasteiger partial charge in [0.15, 0.2) is 10.4 Å². The van der Waals surface area contributed by atoms with Crippen molar-refractivity contribution in [1.82, 2.24) is 10.2 Å². The van der Waals surface area contributed by atoms with Crippen molar-refractivity contribution in [2.75, 3.05) is 21.9 Å². The van der Waals surface area contributed by atoms with E-state index in [1.165, 1.54) is 29.5 Å². The number of fused-ring (bicyclic) bond motifs is 1. The summed E-state index contributed by atoms with van der Waals surface area (Å²) in [5.74, 6) is 1.12. The van der Waals surface area contributed by atoms with Gasteiger partial charge in [0.25, 0.3) is 15.9 Å². The number of ether oxygens (including phenoxy) is 1. The predicted octanol–water partition coefficient (Wildman–Crippen LogP) is 4.53. The van der Waals surface area contributed by atoms with E-state index in [1.807, 2.05) is 0 Å². The Bertz CT molecular complexity index is 1250. The number of rotatable bonds is 7. The number of hydrogen-bond acceptors (Lipinski definition) is 8. The molecule has 1 aliphatic rings. The molecule has 1 N–H and O–H groups in total. The first-order valence-electron chi connectivity index (χ1n) is 10.0. The maximum absolute atomic E-state index is 13.4. The lowest BCUT2D eigenvalue weighted by Gasteiger charge is -2.34. The second-order valence-electron chi connectivity index (χ2n) is 7.63. The highest BCUT2D eigenvalue weighted by molar-refractivity contribution is 8.01. The average molecular weight is 525 g/mol. The molecule has 174 valence electrons. The highest BCUT2D eigenvalue weighted by Crippen LogP contribution is 2.39. The van der Waals surface area contributed by atoms with Crippen molar-refractivity contribution in [2.24, 2.45) is 5.92 Å². The van der Waals surface area contributed by atoms with Gasteiger partial charge in [0.1, 0.15) is 5.75 Å². The maximum Gasteiger partial charge on any atom is 0.269 e. The van der Waals surface area contributed by atoms with Gasteiger partial charge in [-0.05, 0) is 36.2 Å². The van der Waals surface area contributed by atoms with E-state index in [2.05, 4.69) is 29.4 Å². The number of anilines is 2. The minimum Gasteiger partial charge on any atom is -0.476 e. The average Bonchev–Trinajstić information content (AvgIpc) is 3.24. The van der Waals surface area contributed by atoms with Gasteiger partial charge in [-0.2, -0.15) is 0 Å². The first-order valence-corrected chi connectivity index (χ1v) is 13.7. The fourth-order valence-corrected chi connectivity index (χ4v) is 6.44. The number of nitrogens with one attached hydrogen (secondary N) is 1. The fourth-order valence-electron chi connectivity index (χ4n) is 3.05. The molecule has 33 heavy (non-hydrogen) atoms. The molecule has 12 heteroatoms. The highest BCUT2D eigenvalue weighted by atomic mass is 35.5. The minimum absolute atomic E-state index is 0.105. The van der Waals surface area contributed by atoms with Gasteiger partial charge < -0.3 is 4.74 Å². The number of carbonyl (C=O) groups excluding carboxylic acids is 1. The number of benzene rings is 2. The molecule has 0 spiro atoms. The number of carbonyl (C=O) groups is 1. The molecule has 4 rings (SSSR count). The van der Waals surface area contributed by atoms with Crippen molar-refractivity contribution in [3.8, 4) is 5.75 Å². The van der Waals surface area contributed by atoms with Gasteiger partial charge in [0, 0.05) is 10.8 Å². The molecule has 3 aromatic rings. The Hall–Kier alpha value is -2.34. The van der Waals surface area contributed by atoms with Crippen LogP contribution < -0.4 is 14.4 Å². The summed E-state index contributed by atoms with van der Waals surface area (Å²) in [6, 6.07) is 12.7. The number of thioether (sulfide) groups is 1. The van der Waals surface area contributed by atoms with Gasteiger partial charge in [0.2, 0.25) is 5.13 Å². The van der Waals surface area contributed by atoms with Gasteiger partial charge in [-0.15, -0.1) is 10.2 Å².